The van der Waals surface area contributed by atoms with E-state index in [1.807, 2.05) is 0 Å². The Morgan fingerprint density at radius 3 is 0.983 bits per heavy atom. The second-order valence-electron chi connectivity index (χ2n) is 28.9. The van der Waals surface area contributed by atoms with Crippen molar-refractivity contribution in [2.75, 3.05) is 46.2 Å². The monoisotopic (exact) mass is 1710 g/mol. The number of hydrogen-bond donors (Lipinski definition) is 31. The maximum atomic E-state index is 14.1. The number of aliphatic hydroxyl groups excluding tert-OH is 22. The number of aliphatic hydroxyl groups is 22. The summed E-state index contributed by atoms with van der Waals surface area (Å²) in [4.78, 5) is 118. The van der Waals surface area contributed by atoms with Crippen LogP contribution in [0, 0.1) is 0 Å². The van der Waals surface area contributed by atoms with Crippen molar-refractivity contribution in [3.8, 4) is 0 Å². The van der Waals surface area contributed by atoms with Crippen LogP contribution in [0.5, 0.6) is 0 Å². The topological polar surface area (TPSA) is 860 Å². The third kappa shape index (κ3) is 21.5. The predicted molar refractivity (Wildman–Crippen MR) is 359 cm³/mol. The second kappa shape index (κ2) is 40.7. The van der Waals surface area contributed by atoms with Gasteiger partial charge in [-0.25, -0.2) is 19.2 Å². The molecule has 7 fully saturated rings. The van der Waals surface area contributed by atoms with Gasteiger partial charge >= 0.3 is 23.9 Å². The van der Waals surface area contributed by atoms with Crippen LogP contribution in [0.15, 0.2) is 0 Å². The number of carbonyl (C=O) groups is 9. The number of rotatable bonds is 36. The lowest BCUT2D eigenvalue weighted by atomic mass is 9.86. The normalized spacial score (nSPS) is 41.4. The average Bonchev–Trinajstić information content (AvgIpc) is 0.747. The summed E-state index contributed by atoms with van der Waals surface area (Å²) in [6, 6.07) is -10.3. The van der Waals surface area contributed by atoms with Gasteiger partial charge in [0.2, 0.25) is 29.5 Å². The van der Waals surface area contributed by atoms with E-state index in [1.165, 1.54) is 0 Å². The molecule has 0 aromatic carbocycles. The van der Waals surface area contributed by atoms with E-state index in [2.05, 4.69) is 26.6 Å². The molecule has 0 unspecified atom stereocenters. The molecule has 7 heterocycles. The number of ether oxygens (including phenoxy) is 13. The van der Waals surface area contributed by atoms with Gasteiger partial charge in [-0.05, 0) is 0 Å². The van der Waals surface area contributed by atoms with Crippen molar-refractivity contribution < 1.29 is 237 Å². The van der Waals surface area contributed by atoms with Crippen molar-refractivity contribution in [2.24, 2.45) is 0 Å². The van der Waals surface area contributed by atoms with Crippen molar-refractivity contribution in [1.82, 2.24) is 26.6 Å². The largest absolute Gasteiger partial charge is 0.477 e. The zero-order valence-electron chi connectivity index (χ0n) is 62.6. The summed E-state index contributed by atoms with van der Waals surface area (Å²) in [6.07, 6.45) is -78.5. The molecular weight excluding hydrogens is 1610 g/mol. The fraction of sp³-hybridized carbons (Fsp3) is 0.859. The van der Waals surface area contributed by atoms with E-state index in [0.29, 0.717) is 0 Å². The zero-order valence-corrected chi connectivity index (χ0v) is 62.6. The highest BCUT2D eigenvalue weighted by Gasteiger charge is 2.66. The average molecular weight is 1710 g/mol. The lowest BCUT2D eigenvalue weighted by Gasteiger charge is -2.52. The van der Waals surface area contributed by atoms with Gasteiger partial charge in [-0.2, -0.15) is 0 Å². The molecule has 39 atom stereocenters. The minimum Gasteiger partial charge on any atom is -0.477 e. The third-order valence-corrected chi connectivity index (χ3v) is 20.5. The summed E-state index contributed by atoms with van der Waals surface area (Å²) in [7, 11) is 0. The van der Waals surface area contributed by atoms with Crippen LogP contribution in [-0.2, 0) is 105 Å². The fourth-order valence-corrected chi connectivity index (χ4v) is 14.8. The van der Waals surface area contributed by atoms with E-state index in [4.69, 9.17) is 61.6 Å². The molecule has 0 radical (unpaired) electrons. The SMILES string of the molecule is CC(=O)N[C@H]1[C@H](O[C@@H]2[C@H](O[C@]3(C(=O)O)C[C@H](O)[C@@H](NC(C)=O)[C@H]([C@H](O)[C@@H](CO)O[C@]4(C(=O)O)C[C@H](O)[C@@H](NC(C)=O)[C@H]([C@H](O)[C@@H](CO)O[C@]5(C(=O)O)C[C@H](O)[C@@H](NC(C)=O)[C@H]([C@H](O)[C@@H](CO)O[C@]6(C(=O)O)C[C@H](O)[C@@H](NC(C)=O)[C@H]([C@H](O)[C@@H](O)CO)O6)O5)O4)O3)[C@@H](O)[C@H](O[C@H]3[C@H](O)[C@@H](O)[C@H](O)O[C@@H]3CO)O[C@@H]2CO)O[C@H](CO)[C@H](O)[C@@H]1O. The minimum absolute atomic E-state index is 0.773. The maximum Gasteiger partial charge on any atom is 0.364 e. The van der Waals surface area contributed by atoms with Crippen LogP contribution in [0.1, 0.15) is 60.3 Å². The Labute approximate surface area is 659 Å². The van der Waals surface area contributed by atoms with Gasteiger partial charge in [0.15, 0.2) is 18.9 Å². The van der Waals surface area contributed by atoms with Crippen LogP contribution in [0.25, 0.3) is 0 Å². The van der Waals surface area contributed by atoms with Crippen LogP contribution < -0.4 is 26.6 Å². The van der Waals surface area contributed by atoms with E-state index in [-0.39, 0.29) is 0 Å². The Hall–Kier alpha value is -6.17. The summed E-state index contributed by atoms with van der Waals surface area (Å²) in [5.41, 5.74) is 0. The first-order valence-electron chi connectivity index (χ1n) is 36.1. The molecule has 672 valence electrons. The smallest absolute Gasteiger partial charge is 0.364 e. The van der Waals surface area contributed by atoms with Gasteiger partial charge in [-0.3, -0.25) is 24.0 Å². The zero-order chi connectivity index (χ0) is 87.9. The fourth-order valence-electron chi connectivity index (χ4n) is 14.8. The number of amides is 5. The Balaban J connectivity index is 1.26. The summed E-state index contributed by atoms with van der Waals surface area (Å²) in [5, 5.41) is 301. The van der Waals surface area contributed by atoms with E-state index in [0.717, 1.165) is 34.6 Å². The molecule has 117 heavy (non-hydrogen) atoms. The van der Waals surface area contributed by atoms with E-state index in [9.17, 15) is 176 Å². The molecule has 53 heteroatoms. The lowest BCUT2D eigenvalue weighted by molar-refractivity contribution is -0.401. The highest BCUT2D eigenvalue weighted by atomic mass is 16.8. The number of aliphatic carboxylic acids is 4. The van der Waals surface area contributed by atoms with E-state index >= 15 is 0 Å². The predicted octanol–water partition coefficient (Wildman–Crippen LogP) is -18.7. The first-order chi connectivity index (χ1) is 54.7. The lowest BCUT2D eigenvalue weighted by Crippen LogP contribution is -2.72. The van der Waals surface area contributed by atoms with Crippen LogP contribution >= 0.6 is 0 Å². The highest BCUT2D eigenvalue weighted by Crippen LogP contribution is 2.45. The number of carbonyl (C=O) groups excluding carboxylic acids is 5. The molecule has 31 N–H and O–H groups in total. The molecule has 5 amide bonds. The second-order valence-corrected chi connectivity index (χ2v) is 28.9. The molecule has 0 spiro atoms. The molecule has 7 rings (SSSR count). The summed E-state index contributed by atoms with van der Waals surface area (Å²) in [6.45, 7) is -5.82. The van der Waals surface area contributed by atoms with Gasteiger partial charge < -0.3 is 221 Å². The molecular formula is C64H103N5O48. The summed E-state index contributed by atoms with van der Waals surface area (Å²) < 4.78 is 74.9. The van der Waals surface area contributed by atoms with Crippen LogP contribution in [0.4, 0.5) is 0 Å². The molecule has 0 bridgehead atoms. The number of carboxylic acid groups (broad SMARTS) is 4. The Morgan fingerprint density at radius 1 is 0.350 bits per heavy atom. The van der Waals surface area contributed by atoms with Gasteiger partial charge in [-0.1, -0.05) is 0 Å². The summed E-state index contributed by atoms with van der Waals surface area (Å²) in [5.74, 6) is -29.4. The highest BCUT2D eigenvalue weighted by molar-refractivity contribution is 5.79. The van der Waals surface area contributed by atoms with Crippen LogP contribution in [-0.4, -0.2) is 469 Å². The van der Waals surface area contributed by atoms with Gasteiger partial charge in [0, 0.05) is 60.3 Å². The maximum absolute atomic E-state index is 14.1. The standard InChI is InChI=1S/C64H103N5O48/c1-17(77)65-33-22(82)6-61(57(97)98,113-49(33)38(87)26(86)10-70)110-28(12-72)40(89)50-34(66-18(2)78)23(83)7-62(114-50,58(99)100)111-29(13-73)41(90)51-35(67-19(3)79)24(84)8-63(115-51,59(101)102)112-30(14-74)42(91)52-36(68-20(4)80)25(85)9-64(116-52,60(103)104)117-53-46(95)56(108-47-31(15-75)105-54(96)45(94)44(47)93)107-32(16-76)48(53)109-55-37(69-21(5)81)43(92)39(88)27(11-71)106-55/h22-56,70-76,82-96H,6-16H2,1-5H3,(H,65,77)(H,66,78)(H,67,79)(H,68,80)(H,69,81)(H,97,98)(H,99,100)(H,101,102)(H,103,104)/t22-,23-,24-,25-,26-,27+,28+,29+,30+,31+,32+,33+,34+,35+,36+,37+,38+,39-,40+,41+,42+,43+,44+,45+,46+,47+,48-,49+,50+,51+,52+,53+,54+,55-,56-,61+,62+,63+,64-/m0/s1. The van der Waals surface area contributed by atoms with Gasteiger partial charge in [0.05, 0.1) is 94.8 Å². The van der Waals surface area contributed by atoms with Crippen LogP contribution in [0.3, 0.4) is 0 Å². The van der Waals surface area contributed by atoms with Gasteiger partial charge in [-0.15, -0.1) is 0 Å². The molecule has 53 nitrogen and oxygen atoms in total. The summed E-state index contributed by atoms with van der Waals surface area (Å²) >= 11 is 0. The molecule has 7 saturated heterocycles. The van der Waals surface area contributed by atoms with Crippen molar-refractivity contribution in [1.29, 1.82) is 0 Å². The van der Waals surface area contributed by atoms with Crippen molar-refractivity contribution in [3.05, 3.63) is 0 Å². The Bertz CT molecular complexity index is 3380. The number of carboxylic acids is 4. The Kier molecular flexibility index (Phi) is 34.1. The van der Waals surface area contributed by atoms with Crippen molar-refractivity contribution in [2.45, 2.75) is 297 Å². The third-order valence-electron chi connectivity index (χ3n) is 20.5. The molecule has 7 aliphatic heterocycles. The van der Waals surface area contributed by atoms with Crippen LogP contribution in [0.2, 0.25) is 0 Å². The van der Waals surface area contributed by atoms with Gasteiger partial charge in [0.1, 0.15) is 146 Å². The molecule has 0 aliphatic carbocycles. The molecule has 0 aromatic heterocycles. The van der Waals surface area contributed by atoms with E-state index < -0.39 is 362 Å². The first kappa shape index (κ1) is 97.9. The molecule has 0 aromatic rings. The van der Waals surface area contributed by atoms with Gasteiger partial charge in [0.25, 0.3) is 23.1 Å². The van der Waals surface area contributed by atoms with Crippen molar-refractivity contribution >= 4 is 53.4 Å². The van der Waals surface area contributed by atoms with Crippen molar-refractivity contribution in [3.63, 3.8) is 0 Å². The number of nitrogens with one attached hydrogen (secondary N) is 5. The number of hydrogen-bond acceptors (Lipinski definition) is 44. The first-order valence-corrected chi connectivity index (χ1v) is 36.1. The Morgan fingerprint density at radius 2 is 0.658 bits per heavy atom. The quantitative estimate of drug-likeness (QED) is 0.0277. The minimum atomic E-state index is -3.76. The molecule has 0 saturated carbocycles. The van der Waals surface area contributed by atoms with E-state index in [1.54, 1.807) is 0 Å². The molecule has 7 aliphatic rings.